The highest BCUT2D eigenvalue weighted by Gasteiger charge is 2.61. The summed E-state index contributed by atoms with van der Waals surface area (Å²) in [6.07, 6.45) is 14.3. The van der Waals surface area contributed by atoms with E-state index in [0.717, 1.165) is 30.9 Å². The minimum Gasteiger partial charge on any atom is -0.396 e. The van der Waals surface area contributed by atoms with Crippen LogP contribution < -0.4 is 0 Å². The van der Waals surface area contributed by atoms with Gasteiger partial charge in [-0.2, -0.15) is 0 Å². The molecular weight excluding hydrogens is 360 g/mol. The van der Waals surface area contributed by atoms with Crippen molar-refractivity contribution >= 4 is 11.4 Å². The maximum absolute atomic E-state index is 12.4. The maximum Gasteiger partial charge on any atom is 0.133 e. The van der Waals surface area contributed by atoms with Crippen molar-refractivity contribution in [2.24, 2.45) is 40.4 Å². The number of ketones is 1. The molecule has 0 aromatic carbocycles. The van der Waals surface area contributed by atoms with Gasteiger partial charge in [0, 0.05) is 25.6 Å². The fourth-order valence-corrected chi connectivity index (χ4v) is 8.26. The van der Waals surface area contributed by atoms with E-state index in [-0.39, 0.29) is 17.4 Å². The molecule has 7 atom stereocenters. The summed E-state index contributed by atoms with van der Waals surface area (Å²) in [6, 6.07) is 2.06. The number of fused-ring (bicyclic) bond motifs is 5. The number of allylic oxidation sites excluding steroid dienone is 2. The number of hydrogen-bond acceptors (Lipinski definition) is 4. The number of nitrogens with zero attached hydrogens (tertiary/aromatic N) is 2. The lowest BCUT2D eigenvalue weighted by molar-refractivity contribution is -0.151. The summed E-state index contributed by atoms with van der Waals surface area (Å²) in [5, 5.41) is 9.73. The molecule has 0 bridgehead atoms. The molecule has 4 nitrogen and oxygen atoms in total. The molecule has 3 saturated carbocycles. The molecule has 4 aliphatic rings. The summed E-state index contributed by atoms with van der Waals surface area (Å²) in [5.41, 5.74) is 2.94. The lowest BCUT2D eigenvalue weighted by atomic mass is 9.42. The number of carbonyl (C=O) groups is 1. The van der Waals surface area contributed by atoms with Gasteiger partial charge in [0.1, 0.15) is 12.1 Å². The average Bonchev–Trinajstić information content (AvgIpc) is 3.07. The molecule has 1 heterocycles. The number of Topliss-reactive ketones (excluding diaryl/α,β-unsaturated/α-hetero) is 1. The van der Waals surface area contributed by atoms with E-state index >= 15 is 0 Å². The number of aromatic nitrogens is 2. The summed E-state index contributed by atoms with van der Waals surface area (Å²) in [4.78, 5) is 21.1. The molecule has 2 unspecified atom stereocenters. The Morgan fingerprint density at radius 2 is 2.03 bits per heavy atom. The van der Waals surface area contributed by atoms with Crippen LogP contribution in [-0.2, 0) is 4.79 Å². The number of carbonyl (C=O) groups excluding carboxylic acids is 1. The molecule has 29 heavy (non-hydrogen) atoms. The second-order valence-electron chi connectivity index (χ2n) is 10.6. The Hall–Kier alpha value is -1.55. The Labute approximate surface area is 174 Å². The van der Waals surface area contributed by atoms with Gasteiger partial charge in [-0.05, 0) is 90.6 Å². The lowest BCUT2D eigenvalue weighted by Gasteiger charge is -2.62. The van der Waals surface area contributed by atoms with Gasteiger partial charge in [-0.25, -0.2) is 9.97 Å². The van der Waals surface area contributed by atoms with E-state index in [0.29, 0.717) is 35.9 Å². The normalized spacial score (nSPS) is 43.9. The number of hydrogen-bond donors (Lipinski definition) is 1. The molecule has 3 fully saturated rings. The molecule has 4 aliphatic carbocycles. The van der Waals surface area contributed by atoms with E-state index in [1.807, 2.05) is 6.20 Å². The highest BCUT2D eigenvalue weighted by molar-refractivity contribution is 5.80. The zero-order valence-electron chi connectivity index (χ0n) is 17.8. The Balaban J connectivity index is 1.46. The Bertz CT molecular complexity index is 821. The predicted octanol–water partition coefficient (Wildman–Crippen LogP) is 4.69. The fourth-order valence-electron chi connectivity index (χ4n) is 8.26. The first-order valence-corrected chi connectivity index (χ1v) is 11.6. The largest absolute Gasteiger partial charge is 0.396 e. The first-order valence-electron chi connectivity index (χ1n) is 11.6. The van der Waals surface area contributed by atoms with Crippen molar-refractivity contribution in [3.05, 3.63) is 30.4 Å². The summed E-state index contributed by atoms with van der Waals surface area (Å²) in [6.45, 7) is 5.16. The zero-order valence-corrected chi connectivity index (χ0v) is 17.8. The Morgan fingerprint density at radius 3 is 2.79 bits per heavy atom. The van der Waals surface area contributed by atoms with Gasteiger partial charge in [-0.3, -0.25) is 4.79 Å². The van der Waals surface area contributed by atoms with Crippen LogP contribution in [0.1, 0.15) is 70.9 Å². The second-order valence-corrected chi connectivity index (χ2v) is 10.6. The van der Waals surface area contributed by atoms with Crippen molar-refractivity contribution in [3.8, 4) is 0 Å². The predicted molar refractivity (Wildman–Crippen MR) is 113 cm³/mol. The van der Waals surface area contributed by atoms with Crippen molar-refractivity contribution in [3.63, 3.8) is 0 Å². The van der Waals surface area contributed by atoms with Gasteiger partial charge in [0.25, 0.3) is 0 Å². The summed E-state index contributed by atoms with van der Waals surface area (Å²) in [7, 11) is 0. The third kappa shape index (κ3) is 2.78. The number of rotatable bonds is 3. The molecule has 0 amide bonds. The first-order chi connectivity index (χ1) is 14.0. The molecule has 4 heteroatoms. The van der Waals surface area contributed by atoms with E-state index in [9.17, 15) is 9.90 Å². The van der Waals surface area contributed by atoms with Crippen molar-refractivity contribution < 1.29 is 9.90 Å². The molecule has 1 aromatic heterocycles. The first kappa shape index (κ1) is 19.4. The molecule has 0 aliphatic heterocycles. The average molecular weight is 395 g/mol. The van der Waals surface area contributed by atoms with Gasteiger partial charge in [0.15, 0.2) is 0 Å². The second kappa shape index (κ2) is 7.01. The Kier molecular flexibility index (Phi) is 4.69. The summed E-state index contributed by atoms with van der Waals surface area (Å²) >= 11 is 0. The van der Waals surface area contributed by atoms with Crippen molar-refractivity contribution in [2.75, 3.05) is 6.61 Å². The molecule has 5 rings (SSSR count). The van der Waals surface area contributed by atoms with Crippen LogP contribution in [-0.4, -0.2) is 27.5 Å². The summed E-state index contributed by atoms with van der Waals surface area (Å²) in [5.74, 6) is 3.38. The van der Waals surface area contributed by atoms with Gasteiger partial charge in [0.05, 0.1) is 5.69 Å². The molecular formula is C25H34N2O2. The van der Waals surface area contributed by atoms with Gasteiger partial charge in [0.2, 0.25) is 0 Å². The molecule has 1 aromatic rings. The van der Waals surface area contributed by atoms with Gasteiger partial charge in [-0.1, -0.05) is 19.9 Å². The molecule has 156 valence electrons. The minimum atomic E-state index is 0.204. The maximum atomic E-state index is 12.4. The van der Waals surface area contributed by atoms with Crippen LogP contribution in [0.5, 0.6) is 0 Å². The van der Waals surface area contributed by atoms with Gasteiger partial charge < -0.3 is 5.11 Å². The highest BCUT2D eigenvalue weighted by Crippen LogP contribution is 2.68. The quantitative estimate of drug-likeness (QED) is 0.808. The van der Waals surface area contributed by atoms with E-state index in [2.05, 4.69) is 36.0 Å². The van der Waals surface area contributed by atoms with Crippen LogP contribution in [0.4, 0.5) is 0 Å². The van der Waals surface area contributed by atoms with Crippen molar-refractivity contribution in [1.29, 1.82) is 0 Å². The lowest BCUT2D eigenvalue weighted by Crippen LogP contribution is -2.56. The molecule has 0 saturated heterocycles. The van der Waals surface area contributed by atoms with Crippen LogP contribution in [0.2, 0.25) is 0 Å². The third-order valence-electron chi connectivity index (χ3n) is 9.71. The molecule has 0 spiro atoms. The van der Waals surface area contributed by atoms with Crippen LogP contribution in [0.15, 0.2) is 24.7 Å². The summed E-state index contributed by atoms with van der Waals surface area (Å²) < 4.78 is 0. The van der Waals surface area contributed by atoms with Gasteiger partial charge >= 0.3 is 0 Å². The van der Waals surface area contributed by atoms with Crippen LogP contribution >= 0.6 is 0 Å². The van der Waals surface area contributed by atoms with Crippen LogP contribution in [0.25, 0.3) is 5.57 Å². The Morgan fingerprint density at radius 1 is 1.17 bits per heavy atom. The zero-order chi connectivity index (χ0) is 20.2. The third-order valence-corrected chi connectivity index (χ3v) is 9.71. The smallest absolute Gasteiger partial charge is 0.133 e. The van der Waals surface area contributed by atoms with E-state index in [4.69, 9.17) is 0 Å². The standard InChI is InChI=1S/C25H34N2O2/c1-24-10-7-21-19(20(24)5-6-22(24)23-8-11-26-15-27-23)4-3-16-13-18(29)14-17(9-12-28)25(16,21)2/h6,8,11,15-17,19-21,28H,3-5,7,9-10,12-14H2,1-2H3/t16?,17?,19-,20-,21-,24-,25+/m0/s1. The SMILES string of the molecule is C[C@]12C(CCO)CC(=O)CC1CC[C@@H]1[C@@H]2CC[C@]2(C)C(c3ccncn3)=CC[C@@H]12. The number of aliphatic hydroxyl groups is 1. The minimum absolute atomic E-state index is 0.204. The van der Waals surface area contributed by atoms with Crippen LogP contribution in [0.3, 0.4) is 0 Å². The molecule has 0 radical (unpaired) electrons. The topological polar surface area (TPSA) is 63.1 Å². The van der Waals surface area contributed by atoms with E-state index < -0.39 is 0 Å². The van der Waals surface area contributed by atoms with Gasteiger partial charge in [-0.15, -0.1) is 0 Å². The molecule has 1 N–H and O–H groups in total. The monoisotopic (exact) mass is 394 g/mol. The highest BCUT2D eigenvalue weighted by atomic mass is 16.3. The number of aliphatic hydroxyl groups excluding tert-OH is 1. The fraction of sp³-hybridized carbons (Fsp3) is 0.720. The van der Waals surface area contributed by atoms with Crippen molar-refractivity contribution in [1.82, 2.24) is 9.97 Å². The van der Waals surface area contributed by atoms with Crippen molar-refractivity contribution in [2.45, 2.75) is 65.2 Å². The van der Waals surface area contributed by atoms with E-state index in [1.54, 1.807) is 6.33 Å². The van der Waals surface area contributed by atoms with Crippen LogP contribution in [0, 0.1) is 40.4 Å². The van der Waals surface area contributed by atoms with E-state index in [1.165, 1.54) is 31.3 Å².